The van der Waals surface area contributed by atoms with E-state index in [-0.39, 0.29) is 18.0 Å². The van der Waals surface area contributed by atoms with E-state index in [1.807, 2.05) is 36.6 Å². The topological polar surface area (TPSA) is 74.3 Å². The van der Waals surface area contributed by atoms with Gasteiger partial charge in [0.2, 0.25) is 5.91 Å². The second-order valence-electron chi connectivity index (χ2n) is 5.89. The molecule has 7 heteroatoms. The van der Waals surface area contributed by atoms with Crippen molar-refractivity contribution in [3.8, 4) is 11.3 Å². The van der Waals surface area contributed by atoms with Crippen LogP contribution in [0.4, 0.5) is 10.5 Å². The molecular formula is C17H20N4O2S. The van der Waals surface area contributed by atoms with Crippen molar-refractivity contribution in [1.82, 2.24) is 15.2 Å². The summed E-state index contributed by atoms with van der Waals surface area (Å²) in [5.41, 5.74) is 2.64. The number of carbonyl (C=O) groups is 2. The van der Waals surface area contributed by atoms with Gasteiger partial charge in [0.1, 0.15) is 0 Å². The number of anilines is 1. The van der Waals surface area contributed by atoms with Crippen LogP contribution >= 0.6 is 11.3 Å². The van der Waals surface area contributed by atoms with Crippen molar-refractivity contribution >= 4 is 29.0 Å². The molecule has 0 spiro atoms. The maximum Gasteiger partial charge on any atom is 0.321 e. The van der Waals surface area contributed by atoms with Gasteiger partial charge in [-0.1, -0.05) is 12.1 Å². The summed E-state index contributed by atoms with van der Waals surface area (Å²) in [7, 11) is 0. The summed E-state index contributed by atoms with van der Waals surface area (Å²) in [4.78, 5) is 29.7. The number of nitrogens with one attached hydrogen (secondary N) is 2. The molecule has 1 aromatic carbocycles. The Hall–Kier alpha value is -2.41. The Morgan fingerprint density at radius 1 is 1.38 bits per heavy atom. The van der Waals surface area contributed by atoms with E-state index < -0.39 is 0 Å². The van der Waals surface area contributed by atoms with Gasteiger partial charge in [-0.2, -0.15) is 0 Å². The monoisotopic (exact) mass is 344 g/mol. The van der Waals surface area contributed by atoms with Gasteiger partial charge in [0.15, 0.2) is 0 Å². The molecule has 2 heterocycles. The standard InChI is InChI=1S/C17H20N4O2S/c1-11(22)18-15-6-7-21(9-15)17(23)20-14-5-3-4-13(8-14)16-10-24-12(2)19-16/h3-5,8,10,15H,6-7,9H2,1-2H3,(H,18,22)(H,20,23). The second-order valence-corrected chi connectivity index (χ2v) is 6.96. The molecule has 6 nitrogen and oxygen atoms in total. The van der Waals surface area contributed by atoms with Gasteiger partial charge in [0.25, 0.3) is 0 Å². The number of aromatic nitrogens is 1. The maximum absolute atomic E-state index is 12.4. The third kappa shape index (κ3) is 3.91. The molecule has 1 aliphatic heterocycles. The SMILES string of the molecule is CC(=O)NC1CCN(C(=O)Nc2cccc(-c3csc(C)n3)c2)C1. The highest BCUT2D eigenvalue weighted by Gasteiger charge is 2.26. The van der Waals surface area contributed by atoms with Gasteiger partial charge >= 0.3 is 6.03 Å². The Balaban J connectivity index is 1.64. The fraction of sp³-hybridized carbons (Fsp3) is 0.353. The quantitative estimate of drug-likeness (QED) is 0.899. The second kappa shape index (κ2) is 7.00. The molecule has 2 aromatic rings. The van der Waals surface area contributed by atoms with Crippen molar-refractivity contribution in [1.29, 1.82) is 0 Å². The predicted octanol–water partition coefficient (Wildman–Crippen LogP) is 2.86. The van der Waals surface area contributed by atoms with E-state index in [4.69, 9.17) is 0 Å². The number of rotatable bonds is 3. The van der Waals surface area contributed by atoms with Crippen molar-refractivity contribution in [3.05, 3.63) is 34.7 Å². The first-order valence-electron chi connectivity index (χ1n) is 7.87. The Bertz CT molecular complexity index is 759. The van der Waals surface area contributed by atoms with Crippen LogP contribution in [0.3, 0.4) is 0 Å². The van der Waals surface area contributed by atoms with Crippen molar-refractivity contribution in [2.24, 2.45) is 0 Å². The first-order chi connectivity index (χ1) is 11.5. The van der Waals surface area contributed by atoms with Crippen LogP contribution in [0, 0.1) is 6.92 Å². The molecule has 126 valence electrons. The molecule has 0 bridgehead atoms. The van der Waals surface area contributed by atoms with Crippen LogP contribution in [-0.2, 0) is 4.79 Å². The average molecular weight is 344 g/mol. The number of urea groups is 1. The number of hydrogen-bond acceptors (Lipinski definition) is 4. The maximum atomic E-state index is 12.4. The molecule has 3 amide bonds. The van der Waals surface area contributed by atoms with Gasteiger partial charge in [-0.25, -0.2) is 9.78 Å². The molecule has 1 saturated heterocycles. The first kappa shape index (κ1) is 16.4. The lowest BCUT2D eigenvalue weighted by molar-refractivity contribution is -0.119. The first-order valence-corrected chi connectivity index (χ1v) is 8.75. The molecule has 1 atom stereocenters. The van der Waals surface area contributed by atoms with E-state index in [0.717, 1.165) is 28.4 Å². The van der Waals surface area contributed by atoms with Gasteiger partial charge in [0, 0.05) is 42.7 Å². The van der Waals surface area contributed by atoms with Crippen molar-refractivity contribution < 1.29 is 9.59 Å². The van der Waals surface area contributed by atoms with Crippen LogP contribution in [0.5, 0.6) is 0 Å². The average Bonchev–Trinajstić information content (AvgIpc) is 3.16. The zero-order valence-corrected chi connectivity index (χ0v) is 14.5. The fourth-order valence-corrected chi connectivity index (χ4v) is 3.43. The highest BCUT2D eigenvalue weighted by molar-refractivity contribution is 7.09. The molecule has 0 radical (unpaired) electrons. The Labute approximate surface area is 144 Å². The van der Waals surface area contributed by atoms with E-state index in [1.54, 1.807) is 16.2 Å². The van der Waals surface area contributed by atoms with Crippen molar-refractivity contribution in [3.63, 3.8) is 0 Å². The number of hydrogen-bond donors (Lipinski definition) is 2. The molecule has 2 N–H and O–H groups in total. The Kier molecular flexibility index (Phi) is 4.80. The largest absolute Gasteiger partial charge is 0.352 e. The number of amides is 3. The van der Waals surface area contributed by atoms with Gasteiger partial charge in [-0.3, -0.25) is 4.79 Å². The number of nitrogens with zero attached hydrogens (tertiary/aromatic N) is 2. The van der Waals surface area contributed by atoms with Gasteiger partial charge < -0.3 is 15.5 Å². The summed E-state index contributed by atoms with van der Waals surface area (Å²) < 4.78 is 0. The van der Waals surface area contributed by atoms with E-state index in [1.165, 1.54) is 6.92 Å². The third-order valence-corrected chi connectivity index (χ3v) is 4.68. The Morgan fingerprint density at radius 3 is 2.92 bits per heavy atom. The lowest BCUT2D eigenvalue weighted by atomic mass is 10.1. The summed E-state index contributed by atoms with van der Waals surface area (Å²) in [5, 5.41) is 8.80. The zero-order valence-electron chi connectivity index (χ0n) is 13.7. The van der Waals surface area contributed by atoms with Crippen molar-refractivity contribution in [2.45, 2.75) is 26.3 Å². The fourth-order valence-electron chi connectivity index (χ4n) is 2.80. The molecule has 1 fully saturated rings. The Morgan fingerprint density at radius 2 is 2.21 bits per heavy atom. The summed E-state index contributed by atoms with van der Waals surface area (Å²) >= 11 is 1.60. The zero-order chi connectivity index (χ0) is 17.1. The van der Waals surface area contributed by atoms with Crippen LogP contribution in [0.2, 0.25) is 0 Å². The molecule has 24 heavy (non-hydrogen) atoms. The number of carbonyl (C=O) groups excluding carboxylic acids is 2. The highest BCUT2D eigenvalue weighted by Crippen LogP contribution is 2.24. The van der Waals surface area contributed by atoms with Crippen LogP contribution in [-0.4, -0.2) is 41.0 Å². The van der Waals surface area contributed by atoms with E-state index >= 15 is 0 Å². The smallest absolute Gasteiger partial charge is 0.321 e. The predicted molar refractivity (Wildman–Crippen MR) is 95.1 cm³/mol. The van der Waals surface area contributed by atoms with Crippen LogP contribution in [0.1, 0.15) is 18.4 Å². The molecule has 0 saturated carbocycles. The third-order valence-electron chi connectivity index (χ3n) is 3.91. The number of benzene rings is 1. The van der Waals surface area contributed by atoms with Crippen LogP contribution < -0.4 is 10.6 Å². The van der Waals surface area contributed by atoms with Gasteiger partial charge in [-0.15, -0.1) is 11.3 Å². The molecule has 3 rings (SSSR count). The molecular weight excluding hydrogens is 324 g/mol. The van der Waals surface area contributed by atoms with E-state index in [9.17, 15) is 9.59 Å². The summed E-state index contributed by atoms with van der Waals surface area (Å²) in [5.74, 6) is -0.0616. The normalized spacial score (nSPS) is 16.9. The van der Waals surface area contributed by atoms with Crippen LogP contribution in [0.25, 0.3) is 11.3 Å². The number of thiazole rings is 1. The van der Waals surface area contributed by atoms with Crippen molar-refractivity contribution in [2.75, 3.05) is 18.4 Å². The number of aryl methyl sites for hydroxylation is 1. The van der Waals surface area contributed by atoms with Crippen LogP contribution in [0.15, 0.2) is 29.6 Å². The molecule has 1 unspecified atom stereocenters. The minimum atomic E-state index is -0.144. The number of likely N-dealkylation sites (tertiary alicyclic amines) is 1. The lowest BCUT2D eigenvalue weighted by Gasteiger charge is -2.18. The summed E-state index contributed by atoms with van der Waals surface area (Å²) in [6.45, 7) is 4.64. The summed E-state index contributed by atoms with van der Waals surface area (Å²) in [6.07, 6.45) is 0.783. The summed E-state index contributed by atoms with van der Waals surface area (Å²) in [6, 6.07) is 7.57. The van der Waals surface area contributed by atoms with E-state index in [2.05, 4.69) is 15.6 Å². The minimum Gasteiger partial charge on any atom is -0.352 e. The molecule has 0 aliphatic carbocycles. The molecule has 1 aromatic heterocycles. The van der Waals surface area contributed by atoms with Gasteiger partial charge in [-0.05, 0) is 25.5 Å². The minimum absolute atomic E-state index is 0.0394. The highest BCUT2D eigenvalue weighted by atomic mass is 32.1. The lowest BCUT2D eigenvalue weighted by Crippen LogP contribution is -2.38. The van der Waals surface area contributed by atoms with Gasteiger partial charge in [0.05, 0.1) is 10.7 Å². The van der Waals surface area contributed by atoms with E-state index in [0.29, 0.717) is 13.1 Å². The molecule has 1 aliphatic rings.